The lowest BCUT2D eigenvalue weighted by Crippen LogP contribution is -2.41. The molecule has 0 aromatic carbocycles. The van der Waals surface area contributed by atoms with Crippen LogP contribution >= 0.6 is 0 Å². The first-order chi connectivity index (χ1) is 8.33. The highest BCUT2D eigenvalue weighted by molar-refractivity contribution is 5.74. The Labute approximate surface area is 107 Å². The third-order valence-corrected chi connectivity index (χ3v) is 2.45. The predicted octanol–water partition coefficient (Wildman–Crippen LogP) is 1.04. The van der Waals surface area contributed by atoms with Gasteiger partial charge >= 0.3 is 12.1 Å². The highest BCUT2D eigenvalue weighted by Crippen LogP contribution is 2.14. The largest absolute Gasteiger partial charge is 0.469 e. The molecular weight excluding hydrogens is 238 g/mol. The van der Waals surface area contributed by atoms with Gasteiger partial charge in [0.25, 0.3) is 0 Å². The summed E-state index contributed by atoms with van der Waals surface area (Å²) < 4.78 is 15.2. The Morgan fingerprint density at radius 1 is 1.33 bits per heavy atom. The first-order valence-corrected chi connectivity index (χ1v) is 5.97. The van der Waals surface area contributed by atoms with Gasteiger partial charge in [-0.1, -0.05) is 0 Å². The summed E-state index contributed by atoms with van der Waals surface area (Å²) in [4.78, 5) is 24.9. The third kappa shape index (κ3) is 4.52. The molecule has 0 spiro atoms. The Balaban J connectivity index is 2.64. The molecule has 6 nitrogen and oxygen atoms in total. The lowest BCUT2D eigenvalue weighted by molar-refractivity contribution is -0.147. The van der Waals surface area contributed by atoms with Crippen molar-refractivity contribution in [2.45, 2.75) is 26.4 Å². The van der Waals surface area contributed by atoms with Crippen LogP contribution in [0.1, 0.15) is 20.8 Å². The van der Waals surface area contributed by atoms with E-state index in [-0.39, 0.29) is 19.1 Å². The van der Waals surface area contributed by atoms with Crippen molar-refractivity contribution in [2.24, 2.45) is 5.92 Å². The minimum atomic E-state index is -0.551. The zero-order chi connectivity index (χ0) is 13.8. The SMILES string of the molecule is COC(=O)[C@@H]1COCCN(C(=O)OC(C)(C)C)C1. The lowest BCUT2D eigenvalue weighted by Gasteiger charge is -2.27. The predicted molar refractivity (Wildman–Crippen MR) is 64.1 cm³/mol. The van der Waals surface area contributed by atoms with Crippen LogP contribution in [0.2, 0.25) is 0 Å². The van der Waals surface area contributed by atoms with Crippen LogP contribution < -0.4 is 0 Å². The molecule has 0 unspecified atom stereocenters. The van der Waals surface area contributed by atoms with Gasteiger partial charge in [0.05, 0.1) is 26.2 Å². The van der Waals surface area contributed by atoms with E-state index >= 15 is 0 Å². The molecule has 1 heterocycles. The van der Waals surface area contributed by atoms with Gasteiger partial charge in [-0.3, -0.25) is 4.79 Å². The van der Waals surface area contributed by atoms with Crippen molar-refractivity contribution in [1.29, 1.82) is 0 Å². The zero-order valence-electron chi connectivity index (χ0n) is 11.4. The Morgan fingerprint density at radius 3 is 2.56 bits per heavy atom. The van der Waals surface area contributed by atoms with Crippen molar-refractivity contribution in [1.82, 2.24) is 4.90 Å². The van der Waals surface area contributed by atoms with Gasteiger partial charge in [-0.2, -0.15) is 0 Å². The number of esters is 1. The van der Waals surface area contributed by atoms with Gasteiger partial charge in [0, 0.05) is 13.1 Å². The van der Waals surface area contributed by atoms with Crippen molar-refractivity contribution in [3.63, 3.8) is 0 Å². The fourth-order valence-corrected chi connectivity index (χ4v) is 1.61. The van der Waals surface area contributed by atoms with Crippen molar-refractivity contribution < 1.29 is 23.8 Å². The normalized spacial score (nSPS) is 21.1. The van der Waals surface area contributed by atoms with Gasteiger partial charge in [0.2, 0.25) is 0 Å². The van der Waals surface area contributed by atoms with Gasteiger partial charge in [0.1, 0.15) is 5.60 Å². The number of rotatable bonds is 1. The molecule has 1 fully saturated rings. The summed E-state index contributed by atoms with van der Waals surface area (Å²) in [6.45, 7) is 6.76. The smallest absolute Gasteiger partial charge is 0.410 e. The number of carbonyl (C=O) groups is 2. The average Bonchev–Trinajstić information content (AvgIpc) is 2.51. The summed E-state index contributed by atoms with van der Waals surface area (Å²) in [5.41, 5.74) is -0.551. The first-order valence-electron chi connectivity index (χ1n) is 5.97. The molecule has 0 N–H and O–H groups in total. The van der Waals surface area contributed by atoms with Crippen LogP contribution in [0.5, 0.6) is 0 Å². The molecule has 0 saturated carbocycles. The Bertz CT molecular complexity index is 310. The number of hydrogen-bond acceptors (Lipinski definition) is 5. The molecule has 1 atom stereocenters. The molecule has 104 valence electrons. The maximum Gasteiger partial charge on any atom is 0.410 e. The number of carbonyl (C=O) groups excluding carboxylic acids is 2. The second-order valence-electron chi connectivity index (χ2n) is 5.22. The van der Waals surface area contributed by atoms with Crippen LogP contribution in [0.3, 0.4) is 0 Å². The van der Waals surface area contributed by atoms with Gasteiger partial charge in [-0.15, -0.1) is 0 Å². The third-order valence-electron chi connectivity index (χ3n) is 2.45. The van der Waals surface area contributed by atoms with E-state index in [2.05, 4.69) is 4.74 Å². The van der Waals surface area contributed by atoms with Crippen molar-refractivity contribution in [2.75, 3.05) is 33.4 Å². The maximum atomic E-state index is 11.9. The molecule has 1 amide bonds. The van der Waals surface area contributed by atoms with Crippen molar-refractivity contribution in [3.05, 3.63) is 0 Å². The van der Waals surface area contributed by atoms with Crippen LogP contribution in [-0.4, -0.2) is 56.0 Å². The van der Waals surface area contributed by atoms with E-state index in [1.54, 1.807) is 20.8 Å². The molecule has 1 aliphatic rings. The van der Waals surface area contributed by atoms with E-state index in [9.17, 15) is 9.59 Å². The number of amides is 1. The summed E-state index contributed by atoms with van der Waals surface area (Å²) in [5.74, 6) is -0.824. The Kier molecular flexibility index (Phi) is 4.95. The van der Waals surface area contributed by atoms with Crippen LogP contribution in [0.25, 0.3) is 0 Å². The second-order valence-corrected chi connectivity index (χ2v) is 5.22. The highest BCUT2D eigenvalue weighted by Gasteiger charge is 2.30. The van der Waals surface area contributed by atoms with Crippen LogP contribution in [-0.2, 0) is 19.0 Å². The summed E-state index contributed by atoms with van der Waals surface area (Å²) in [7, 11) is 1.32. The quantitative estimate of drug-likeness (QED) is 0.658. The molecule has 0 bridgehead atoms. The average molecular weight is 259 g/mol. The Hall–Kier alpha value is -1.30. The van der Waals surface area contributed by atoms with E-state index in [0.717, 1.165) is 0 Å². The first kappa shape index (κ1) is 14.8. The number of methoxy groups -OCH3 is 1. The van der Waals surface area contributed by atoms with E-state index in [4.69, 9.17) is 9.47 Å². The summed E-state index contributed by atoms with van der Waals surface area (Å²) >= 11 is 0. The molecule has 0 aromatic rings. The van der Waals surface area contributed by atoms with Crippen molar-refractivity contribution >= 4 is 12.1 Å². The number of hydrogen-bond donors (Lipinski definition) is 0. The molecule has 0 radical (unpaired) electrons. The summed E-state index contributed by atoms with van der Waals surface area (Å²) in [6, 6.07) is 0. The highest BCUT2D eigenvalue weighted by atomic mass is 16.6. The molecule has 0 aliphatic carbocycles. The van der Waals surface area contributed by atoms with Gasteiger partial charge in [-0.05, 0) is 20.8 Å². The molecule has 1 aliphatic heterocycles. The molecule has 1 saturated heterocycles. The standard InChI is InChI=1S/C12H21NO5/c1-12(2,3)18-11(15)13-5-6-17-8-9(7-13)10(14)16-4/h9H,5-8H2,1-4H3/t9-/m0/s1. The van der Waals surface area contributed by atoms with Gasteiger partial charge in [-0.25, -0.2) is 4.79 Å². The van der Waals surface area contributed by atoms with Gasteiger partial charge in [0.15, 0.2) is 0 Å². The molecule has 0 aromatic heterocycles. The minimum Gasteiger partial charge on any atom is -0.469 e. The Morgan fingerprint density at radius 2 is 2.00 bits per heavy atom. The monoisotopic (exact) mass is 259 g/mol. The summed E-state index contributed by atoms with van der Waals surface area (Å²) in [5, 5.41) is 0. The number of ether oxygens (including phenoxy) is 3. The lowest BCUT2D eigenvalue weighted by atomic mass is 10.1. The topological polar surface area (TPSA) is 65.1 Å². The molecule has 1 rings (SSSR count). The fourth-order valence-electron chi connectivity index (χ4n) is 1.61. The maximum absolute atomic E-state index is 11.9. The minimum absolute atomic E-state index is 0.265. The van der Waals surface area contributed by atoms with Crippen LogP contribution in [0.15, 0.2) is 0 Å². The van der Waals surface area contributed by atoms with E-state index < -0.39 is 17.6 Å². The molecule has 6 heteroatoms. The summed E-state index contributed by atoms with van der Waals surface area (Å²) in [6.07, 6.45) is -0.429. The second kappa shape index (κ2) is 6.04. The van der Waals surface area contributed by atoms with Crippen LogP contribution in [0.4, 0.5) is 4.79 Å². The van der Waals surface area contributed by atoms with E-state index in [0.29, 0.717) is 13.2 Å². The number of nitrogens with zero attached hydrogens (tertiary/aromatic N) is 1. The van der Waals surface area contributed by atoms with E-state index in [1.165, 1.54) is 12.0 Å². The van der Waals surface area contributed by atoms with Crippen LogP contribution in [0, 0.1) is 5.92 Å². The fraction of sp³-hybridized carbons (Fsp3) is 0.833. The van der Waals surface area contributed by atoms with E-state index in [1.807, 2.05) is 0 Å². The van der Waals surface area contributed by atoms with Gasteiger partial charge < -0.3 is 19.1 Å². The molecular formula is C12H21NO5. The zero-order valence-corrected chi connectivity index (χ0v) is 11.4. The van der Waals surface area contributed by atoms with Crippen molar-refractivity contribution in [3.8, 4) is 0 Å². The molecule has 18 heavy (non-hydrogen) atoms.